The fourth-order valence-corrected chi connectivity index (χ4v) is 3.48. The zero-order chi connectivity index (χ0) is 16.6. The summed E-state index contributed by atoms with van der Waals surface area (Å²) in [6.07, 6.45) is 2.33. The van der Waals surface area contributed by atoms with Gasteiger partial charge in [0.05, 0.1) is 22.9 Å². The first-order chi connectivity index (χ1) is 10.9. The van der Waals surface area contributed by atoms with E-state index in [0.717, 1.165) is 16.0 Å². The summed E-state index contributed by atoms with van der Waals surface area (Å²) in [5.41, 5.74) is 0.920. The molecule has 0 saturated carbocycles. The summed E-state index contributed by atoms with van der Waals surface area (Å²) in [7, 11) is 1.62. The van der Waals surface area contributed by atoms with Gasteiger partial charge in [-0.25, -0.2) is 9.98 Å². The Morgan fingerprint density at radius 2 is 2.17 bits per heavy atom. The number of aliphatic hydroxyl groups excluding tert-OH is 1. The summed E-state index contributed by atoms with van der Waals surface area (Å²) in [5.74, 6) is 0.796. The monoisotopic (exact) mass is 330 g/mol. The van der Waals surface area contributed by atoms with Crippen molar-refractivity contribution in [2.24, 2.45) is 10.4 Å². The Morgan fingerprint density at radius 3 is 2.87 bits per heavy atom. The maximum atomic E-state index is 12.2. The van der Waals surface area contributed by atoms with Crippen LogP contribution in [0, 0.1) is 5.41 Å². The first-order valence-electron chi connectivity index (χ1n) is 7.32. The molecule has 5 nitrogen and oxygen atoms in total. The van der Waals surface area contributed by atoms with Crippen molar-refractivity contribution in [1.82, 2.24) is 4.98 Å². The van der Waals surface area contributed by atoms with Crippen molar-refractivity contribution < 1.29 is 14.6 Å². The molecule has 6 heteroatoms. The molecule has 0 amide bonds. The topological polar surface area (TPSA) is 71.8 Å². The molecule has 0 aliphatic heterocycles. The minimum Gasteiger partial charge on any atom is -0.511 e. The number of hydrogen-bond donors (Lipinski definition) is 1. The average Bonchev–Trinajstić information content (AvgIpc) is 2.86. The van der Waals surface area contributed by atoms with Gasteiger partial charge in [0.25, 0.3) is 0 Å². The van der Waals surface area contributed by atoms with E-state index < -0.39 is 0 Å². The number of carbonyl (C=O) groups is 1. The third-order valence-electron chi connectivity index (χ3n) is 3.78. The zero-order valence-corrected chi connectivity index (χ0v) is 14.1. The van der Waals surface area contributed by atoms with Gasteiger partial charge >= 0.3 is 0 Å². The van der Waals surface area contributed by atoms with Crippen molar-refractivity contribution in [3.8, 4) is 5.75 Å². The second-order valence-corrected chi connectivity index (χ2v) is 7.40. The van der Waals surface area contributed by atoms with Gasteiger partial charge in [0.15, 0.2) is 5.78 Å². The quantitative estimate of drug-likeness (QED) is 0.856. The van der Waals surface area contributed by atoms with Gasteiger partial charge in [-0.3, -0.25) is 4.79 Å². The Kier molecular flexibility index (Phi) is 3.93. The molecule has 3 rings (SSSR count). The van der Waals surface area contributed by atoms with E-state index in [9.17, 15) is 9.90 Å². The molecule has 0 bridgehead atoms. The van der Waals surface area contributed by atoms with Crippen molar-refractivity contribution in [2.75, 3.05) is 7.11 Å². The molecule has 120 valence electrons. The molecule has 0 fully saturated rings. The highest BCUT2D eigenvalue weighted by Crippen LogP contribution is 2.36. The summed E-state index contributed by atoms with van der Waals surface area (Å²) in [6.45, 7) is 3.94. The standard InChI is InChI=1S/C17H18N2O3S/c1-17(2)7-13(20)11(14(21)8-17)9-18-16-19-12-5-4-10(22-3)6-15(12)23-16/h4-6,9,20H,7-8H2,1-3H3. The lowest BCUT2D eigenvalue weighted by molar-refractivity contribution is -0.117. The molecular weight excluding hydrogens is 312 g/mol. The molecule has 0 radical (unpaired) electrons. The number of methoxy groups -OCH3 is 1. The second-order valence-electron chi connectivity index (χ2n) is 6.39. The van der Waals surface area contributed by atoms with Crippen molar-refractivity contribution in [3.05, 3.63) is 29.5 Å². The van der Waals surface area contributed by atoms with Crippen LogP contribution >= 0.6 is 11.3 Å². The van der Waals surface area contributed by atoms with E-state index >= 15 is 0 Å². The number of Topliss-reactive ketones (excluding diaryl/α,β-unsaturated/α-hetero) is 1. The first-order valence-corrected chi connectivity index (χ1v) is 8.13. The van der Waals surface area contributed by atoms with Gasteiger partial charge < -0.3 is 9.84 Å². The van der Waals surface area contributed by atoms with E-state index in [0.29, 0.717) is 23.5 Å². The van der Waals surface area contributed by atoms with Crippen LogP contribution < -0.4 is 4.74 Å². The third kappa shape index (κ3) is 3.27. The van der Waals surface area contributed by atoms with E-state index in [4.69, 9.17) is 4.74 Å². The minimum absolute atomic E-state index is 0.0784. The van der Waals surface area contributed by atoms with E-state index in [1.165, 1.54) is 17.6 Å². The Labute approximate surface area is 138 Å². The van der Waals surface area contributed by atoms with Gasteiger partial charge in [-0.2, -0.15) is 0 Å². The van der Waals surface area contributed by atoms with Gasteiger partial charge in [0.1, 0.15) is 11.5 Å². The highest BCUT2D eigenvalue weighted by atomic mass is 32.1. The number of allylic oxidation sites excluding steroid dienone is 2. The van der Waals surface area contributed by atoms with Crippen LogP contribution in [0.25, 0.3) is 10.2 Å². The first kappa shape index (κ1) is 15.7. The van der Waals surface area contributed by atoms with Crippen molar-refractivity contribution in [1.29, 1.82) is 0 Å². The fourth-order valence-electron chi connectivity index (χ4n) is 2.64. The van der Waals surface area contributed by atoms with Gasteiger partial charge in [-0.05, 0) is 23.6 Å². The number of benzene rings is 1. The molecule has 1 aromatic heterocycles. The maximum Gasteiger partial charge on any atom is 0.210 e. The highest BCUT2D eigenvalue weighted by molar-refractivity contribution is 7.22. The van der Waals surface area contributed by atoms with Crippen molar-refractivity contribution in [3.63, 3.8) is 0 Å². The molecule has 1 aromatic carbocycles. The van der Waals surface area contributed by atoms with Crippen LogP contribution in [-0.4, -0.2) is 29.2 Å². The SMILES string of the molecule is COc1ccc2nc(N=CC3=C(O)CC(C)(C)CC3=O)sc2c1. The molecule has 2 aromatic rings. The minimum atomic E-state index is -0.203. The molecule has 0 saturated heterocycles. The number of ketones is 1. The van der Waals surface area contributed by atoms with Crippen molar-refractivity contribution in [2.45, 2.75) is 26.7 Å². The summed E-state index contributed by atoms with van der Waals surface area (Å²) >= 11 is 1.41. The van der Waals surface area contributed by atoms with Gasteiger partial charge in [-0.1, -0.05) is 25.2 Å². The number of aromatic nitrogens is 1. The Morgan fingerprint density at radius 1 is 1.39 bits per heavy atom. The number of nitrogens with zero attached hydrogens (tertiary/aromatic N) is 2. The second kappa shape index (κ2) is 5.77. The fraction of sp³-hybridized carbons (Fsp3) is 0.353. The predicted octanol–water partition coefficient (Wildman–Crippen LogP) is 4.21. The molecule has 0 spiro atoms. The van der Waals surface area contributed by atoms with E-state index in [1.54, 1.807) is 7.11 Å². The Bertz CT molecular complexity index is 833. The largest absolute Gasteiger partial charge is 0.511 e. The summed E-state index contributed by atoms with van der Waals surface area (Å²) in [5, 5.41) is 10.6. The maximum absolute atomic E-state index is 12.2. The number of ether oxygens (including phenoxy) is 1. The van der Waals surface area contributed by atoms with E-state index in [-0.39, 0.29) is 17.0 Å². The lowest BCUT2D eigenvalue weighted by Crippen LogP contribution is -2.26. The van der Waals surface area contributed by atoms with E-state index in [2.05, 4.69) is 9.98 Å². The number of rotatable bonds is 3. The van der Waals surface area contributed by atoms with Crippen LogP contribution in [0.2, 0.25) is 0 Å². The molecule has 1 N–H and O–H groups in total. The summed E-state index contributed by atoms with van der Waals surface area (Å²) in [6, 6.07) is 5.61. The number of aliphatic imine (C=N–C) groups is 1. The third-order valence-corrected chi connectivity index (χ3v) is 4.71. The molecule has 1 aliphatic rings. The summed E-state index contributed by atoms with van der Waals surface area (Å²) < 4.78 is 6.15. The lowest BCUT2D eigenvalue weighted by Gasteiger charge is -2.28. The Balaban J connectivity index is 1.89. The van der Waals surface area contributed by atoms with Crippen LogP contribution in [0.15, 0.2) is 34.5 Å². The Hall–Kier alpha value is -2.21. The predicted molar refractivity (Wildman–Crippen MR) is 92.0 cm³/mol. The lowest BCUT2D eigenvalue weighted by atomic mass is 9.77. The number of carbonyl (C=O) groups excluding carboxylic acids is 1. The number of fused-ring (bicyclic) bond motifs is 1. The van der Waals surface area contributed by atoms with Crippen molar-refractivity contribution >= 4 is 38.7 Å². The number of thiazole rings is 1. The van der Waals surface area contributed by atoms with Crippen LogP contribution in [0.5, 0.6) is 5.75 Å². The van der Waals surface area contributed by atoms with E-state index in [1.807, 2.05) is 32.0 Å². The molecule has 1 aliphatic carbocycles. The van der Waals surface area contributed by atoms with Crippen LogP contribution in [0.3, 0.4) is 0 Å². The molecule has 0 unspecified atom stereocenters. The number of aliphatic hydroxyl groups is 1. The van der Waals surface area contributed by atoms with Gasteiger partial charge in [0, 0.05) is 19.1 Å². The van der Waals surface area contributed by atoms with Gasteiger partial charge in [-0.15, -0.1) is 0 Å². The zero-order valence-electron chi connectivity index (χ0n) is 13.3. The van der Waals surface area contributed by atoms with Crippen LogP contribution in [0.4, 0.5) is 5.13 Å². The van der Waals surface area contributed by atoms with Crippen LogP contribution in [-0.2, 0) is 4.79 Å². The average molecular weight is 330 g/mol. The molecular formula is C17H18N2O3S. The summed E-state index contributed by atoms with van der Waals surface area (Å²) in [4.78, 5) is 20.8. The molecule has 0 atom stereocenters. The number of hydrogen-bond acceptors (Lipinski definition) is 6. The smallest absolute Gasteiger partial charge is 0.210 e. The highest BCUT2D eigenvalue weighted by Gasteiger charge is 2.32. The van der Waals surface area contributed by atoms with Gasteiger partial charge in [0.2, 0.25) is 5.13 Å². The van der Waals surface area contributed by atoms with Crippen LogP contribution in [0.1, 0.15) is 26.7 Å². The molecule has 23 heavy (non-hydrogen) atoms. The molecule has 1 heterocycles. The normalized spacial score (nSPS) is 18.1.